The predicted molar refractivity (Wildman–Crippen MR) is 156 cm³/mol. The zero-order valence-electron chi connectivity index (χ0n) is 22.6. The van der Waals surface area contributed by atoms with E-state index in [0.29, 0.717) is 12.5 Å². The summed E-state index contributed by atoms with van der Waals surface area (Å²) in [7, 11) is 1.80. The van der Waals surface area contributed by atoms with Gasteiger partial charge in [0.05, 0.1) is 6.10 Å². The first-order valence-corrected chi connectivity index (χ1v) is 14.6. The Labute approximate surface area is 231 Å². The molecule has 7 heteroatoms. The third kappa shape index (κ3) is 6.78. The molecular weight excluding hydrogens is 496 g/mol. The number of halogens is 1. The first-order valence-electron chi connectivity index (χ1n) is 14.2. The number of benzene rings is 2. The summed E-state index contributed by atoms with van der Waals surface area (Å²) in [5, 5.41) is 2.03. The van der Waals surface area contributed by atoms with Gasteiger partial charge in [-0.1, -0.05) is 29.8 Å². The number of methoxy groups -OCH3 is 1. The predicted octanol–water partition coefficient (Wildman–Crippen LogP) is 5.75. The van der Waals surface area contributed by atoms with E-state index in [1.165, 1.54) is 10.9 Å². The minimum Gasteiger partial charge on any atom is -0.381 e. The number of para-hydroxylation sites is 1. The van der Waals surface area contributed by atoms with E-state index in [1.807, 2.05) is 24.3 Å². The van der Waals surface area contributed by atoms with Gasteiger partial charge in [-0.2, -0.15) is 0 Å². The molecule has 0 unspecified atom stereocenters. The number of amides is 1. The van der Waals surface area contributed by atoms with Gasteiger partial charge in [0, 0.05) is 80.1 Å². The molecule has 1 amide bonds. The zero-order chi connectivity index (χ0) is 26.3. The molecule has 1 N–H and O–H groups in total. The highest BCUT2D eigenvalue weighted by atomic mass is 35.5. The molecule has 2 fully saturated rings. The number of rotatable bonds is 10. The third-order valence-electron chi connectivity index (χ3n) is 8.40. The van der Waals surface area contributed by atoms with Gasteiger partial charge in [0.2, 0.25) is 5.91 Å². The Kier molecular flexibility index (Phi) is 9.39. The molecule has 6 nitrogen and oxygen atoms in total. The lowest BCUT2D eigenvalue weighted by Gasteiger charge is -2.38. The van der Waals surface area contributed by atoms with Gasteiger partial charge in [0.1, 0.15) is 0 Å². The summed E-state index contributed by atoms with van der Waals surface area (Å²) in [6.45, 7) is 6.13. The molecule has 1 aromatic heterocycles. The molecule has 3 aromatic rings. The summed E-state index contributed by atoms with van der Waals surface area (Å²) in [5.41, 5.74) is 3.53. The molecule has 2 heterocycles. The van der Waals surface area contributed by atoms with Crippen LogP contribution in [0.4, 0.5) is 5.69 Å². The summed E-state index contributed by atoms with van der Waals surface area (Å²) in [4.78, 5) is 24.0. The van der Waals surface area contributed by atoms with Crippen LogP contribution in [0.15, 0.2) is 54.7 Å². The van der Waals surface area contributed by atoms with Crippen LogP contribution < -0.4 is 4.90 Å². The minimum absolute atomic E-state index is 0.248. The van der Waals surface area contributed by atoms with Gasteiger partial charge in [-0.05, 0) is 81.0 Å². The highest BCUT2D eigenvalue weighted by Crippen LogP contribution is 2.29. The number of carbonyl (C=O) groups is 1. The van der Waals surface area contributed by atoms with E-state index in [4.69, 9.17) is 16.3 Å². The molecular formula is C31H41ClN4O2. The van der Waals surface area contributed by atoms with Crippen LogP contribution in [-0.2, 0) is 16.0 Å². The molecule has 204 valence electrons. The topological polar surface area (TPSA) is 51.8 Å². The van der Waals surface area contributed by atoms with Gasteiger partial charge in [0.25, 0.3) is 0 Å². The highest BCUT2D eigenvalue weighted by molar-refractivity contribution is 6.31. The molecule has 1 aliphatic heterocycles. The van der Waals surface area contributed by atoms with Crippen molar-refractivity contribution in [3.8, 4) is 0 Å². The second-order valence-electron chi connectivity index (χ2n) is 10.8. The average Bonchev–Trinajstić information content (AvgIpc) is 3.35. The van der Waals surface area contributed by atoms with Gasteiger partial charge >= 0.3 is 0 Å². The number of piperazine rings is 1. The van der Waals surface area contributed by atoms with E-state index in [-0.39, 0.29) is 11.9 Å². The average molecular weight is 537 g/mol. The molecule has 38 heavy (non-hydrogen) atoms. The lowest BCUT2D eigenvalue weighted by Crippen LogP contribution is -2.48. The van der Waals surface area contributed by atoms with Crippen molar-refractivity contribution in [1.82, 2.24) is 14.8 Å². The van der Waals surface area contributed by atoms with E-state index in [2.05, 4.69) is 50.1 Å². The Balaban J connectivity index is 1.07. The van der Waals surface area contributed by atoms with E-state index in [0.717, 1.165) is 94.0 Å². The Morgan fingerprint density at radius 1 is 1.00 bits per heavy atom. The van der Waals surface area contributed by atoms with Crippen LogP contribution in [0.3, 0.4) is 0 Å². The molecule has 0 bridgehead atoms. The summed E-state index contributed by atoms with van der Waals surface area (Å²) in [6.07, 6.45) is 9.26. The maximum Gasteiger partial charge on any atom is 0.228 e. The fourth-order valence-corrected chi connectivity index (χ4v) is 6.32. The van der Waals surface area contributed by atoms with Crippen molar-refractivity contribution in [2.45, 2.75) is 57.1 Å². The van der Waals surface area contributed by atoms with Crippen LogP contribution in [-0.4, -0.2) is 79.2 Å². The van der Waals surface area contributed by atoms with Crippen molar-refractivity contribution in [1.29, 1.82) is 0 Å². The summed E-state index contributed by atoms with van der Waals surface area (Å²) in [6, 6.07) is 16.5. The van der Waals surface area contributed by atoms with Crippen molar-refractivity contribution in [3.05, 3.63) is 65.3 Å². The number of aromatic amines is 1. The van der Waals surface area contributed by atoms with Crippen molar-refractivity contribution in [3.63, 3.8) is 0 Å². The van der Waals surface area contributed by atoms with E-state index in [9.17, 15) is 4.79 Å². The van der Waals surface area contributed by atoms with Crippen LogP contribution in [0, 0.1) is 0 Å². The lowest BCUT2D eigenvalue weighted by atomic mass is 9.91. The lowest BCUT2D eigenvalue weighted by molar-refractivity contribution is -0.119. The van der Waals surface area contributed by atoms with E-state index in [1.54, 1.807) is 7.11 Å². The standard InChI is InChI=1S/C31H41ClN4O2/c1-38-28-12-10-27(11-13-28)36(26-7-3-2-4-8-26)31(37)15-17-35-20-18-34(19-21-35)16-5-6-24-23-33-30-14-9-25(32)22-29(24)30/h2-4,7-9,14,22-23,27-28,33H,5-6,10-13,15-21H2,1H3. The number of hydrogen-bond acceptors (Lipinski definition) is 4. The molecule has 0 spiro atoms. The van der Waals surface area contributed by atoms with Crippen molar-refractivity contribution in [2.75, 3.05) is 51.3 Å². The molecule has 2 aliphatic rings. The van der Waals surface area contributed by atoms with Crippen LogP contribution >= 0.6 is 11.6 Å². The number of hydrogen-bond donors (Lipinski definition) is 1. The van der Waals surface area contributed by atoms with Gasteiger partial charge in [-0.25, -0.2) is 0 Å². The largest absolute Gasteiger partial charge is 0.381 e. The molecule has 1 saturated heterocycles. The van der Waals surface area contributed by atoms with Gasteiger partial charge in [-0.15, -0.1) is 0 Å². The highest BCUT2D eigenvalue weighted by Gasteiger charge is 2.30. The van der Waals surface area contributed by atoms with Gasteiger partial charge < -0.3 is 24.4 Å². The van der Waals surface area contributed by atoms with E-state index < -0.39 is 0 Å². The zero-order valence-corrected chi connectivity index (χ0v) is 23.3. The monoisotopic (exact) mass is 536 g/mol. The first kappa shape index (κ1) is 27.2. The van der Waals surface area contributed by atoms with Crippen LogP contribution in [0.1, 0.15) is 44.1 Å². The second-order valence-corrected chi connectivity index (χ2v) is 11.2. The number of nitrogens with one attached hydrogen (secondary N) is 1. The minimum atomic E-state index is 0.248. The molecule has 5 rings (SSSR count). The van der Waals surface area contributed by atoms with Crippen molar-refractivity contribution < 1.29 is 9.53 Å². The number of aryl methyl sites for hydroxylation is 1. The molecule has 1 saturated carbocycles. The number of H-pyrrole nitrogens is 1. The number of anilines is 1. The maximum absolute atomic E-state index is 13.5. The van der Waals surface area contributed by atoms with Crippen molar-refractivity contribution >= 4 is 34.1 Å². The fraction of sp³-hybridized carbons (Fsp3) is 0.516. The third-order valence-corrected chi connectivity index (χ3v) is 8.64. The number of nitrogens with zero attached hydrogens (tertiary/aromatic N) is 3. The number of carbonyl (C=O) groups excluding carboxylic acids is 1. The molecule has 0 atom stereocenters. The number of aromatic nitrogens is 1. The summed E-state index contributed by atoms with van der Waals surface area (Å²) < 4.78 is 5.57. The molecule has 0 radical (unpaired) electrons. The van der Waals surface area contributed by atoms with Gasteiger partial charge in [0.15, 0.2) is 0 Å². The Hall–Kier alpha value is -2.38. The summed E-state index contributed by atoms with van der Waals surface area (Å²) >= 11 is 6.21. The van der Waals surface area contributed by atoms with Crippen LogP contribution in [0.5, 0.6) is 0 Å². The SMILES string of the molecule is COC1CCC(N(C(=O)CCN2CCN(CCCc3c[nH]c4ccc(Cl)cc34)CC2)c2ccccc2)CC1. The van der Waals surface area contributed by atoms with Crippen molar-refractivity contribution in [2.24, 2.45) is 0 Å². The normalized spacial score (nSPS) is 21.1. The van der Waals surface area contributed by atoms with Crippen LogP contribution in [0.25, 0.3) is 10.9 Å². The number of fused-ring (bicyclic) bond motifs is 1. The van der Waals surface area contributed by atoms with E-state index >= 15 is 0 Å². The second kappa shape index (κ2) is 13.1. The fourth-order valence-electron chi connectivity index (χ4n) is 6.15. The smallest absolute Gasteiger partial charge is 0.228 e. The summed E-state index contributed by atoms with van der Waals surface area (Å²) in [5.74, 6) is 0.248. The quantitative estimate of drug-likeness (QED) is 0.358. The Bertz CT molecular complexity index is 1170. The number of ether oxygens (including phenoxy) is 1. The Morgan fingerprint density at radius 2 is 1.71 bits per heavy atom. The Morgan fingerprint density at radius 3 is 2.42 bits per heavy atom. The molecule has 2 aromatic carbocycles. The maximum atomic E-state index is 13.5. The van der Waals surface area contributed by atoms with Gasteiger partial charge in [-0.3, -0.25) is 4.79 Å². The first-order chi connectivity index (χ1) is 18.6. The molecule has 1 aliphatic carbocycles. The van der Waals surface area contributed by atoms with Crippen LogP contribution in [0.2, 0.25) is 5.02 Å².